The van der Waals surface area contributed by atoms with Crippen LogP contribution in [0.3, 0.4) is 0 Å². The molecule has 4 nitrogen and oxygen atoms in total. The molecule has 0 spiro atoms. The number of benzene rings is 1. The summed E-state index contributed by atoms with van der Waals surface area (Å²) in [5.41, 5.74) is 4.26. The molecule has 0 bridgehead atoms. The summed E-state index contributed by atoms with van der Waals surface area (Å²) in [7, 11) is 0. The van der Waals surface area contributed by atoms with Crippen molar-refractivity contribution in [1.29, 1.82) is 0 Å². The number of anilines is 1. The predicted octanol–water partition coefficient (Wildman–Crippen LogP) is 2.57. The van der Waals surface area contributed by atoms with Gasteiger partial charge in [-0.25, -0.2) is 0 Å². The first kappa shape index (κ1) is 16.6. The summed E-state index contributed by atoms with van der Waals surface area (Å²) in [6, 6.07) is 7.06. The van der Waals surface area contributed by atoms with Crippen LogP contribution in [0.1, 0.15) is 36.8 Å². The number of nitrogens with zero attached hydrogens (tertiary/aromatic N) is 1. The van der Waals surface area contributed by atoms with Gasteiger partial charge in [0.05, 0.1) is 0 Å². The summed E-state index contributed by atoms with van der Waals surface area (Å²) in [6.45, 7) is 4.26. The average Bonchev–Trinajstić information content (AvgIpc) is 3.27. The lowest BCUT2D eigenvalue weighted by Crippen LogP contribution is -2.44. The van der Waals surface area contributed by atoms with Crippen LogP contribution in [0, 0.1) is 5.92 Å². The summed E-state index contributed by atoms with van der Waals surface area (Å²) in [5, 5.41) is 6.76. The van der Waals surface area contributed by atoms with Gasteiger partial charge in [0, 0.05) is 43.8 Å². The Kier molecular flexibility index (Phi) is 5.12. The van der Waals surface area contributed by atoms with Gasteiger partial charge in [-0.05, 0) is 43.2 Å². The first-order valence-electron chi connectivity index (χ1n) is 8.67. The van der Waals surface area contributed by atoms with Crippen LogP contribution in [0.25, 0.3) is 0 Å². The molecule has 2 heterocycles. The maximum Gasteiger partial charge on any atom is 0.223 e. The number of fused-ring (bicyclic) bond motifs is 1. The van der Waals surface area contributed by atoms with Crippen molar-refractivity contribution in [3.05, 3.63) is 29.3 Å². The normalized spacial score (nSPS) is 21.2. The number of hydrogen-bond acceptors (Lipinski definition) is 3. The SMILES string of the molecule is Cl.O=C(NC1CCN(Cc2cccc3c2NCC3)CC1)C1CC1. The number of likely N-dealkylation sites (tertiary alicyclic amines) is 1. The molecule has 5 heteroatoms. The van der Waals surface area contributed by atoms with Crippen LogP contribution in [0.2, 0.25) is 0 Å². The number of para-hydroxylation sites is 1. The highest BCUT2D eigenvalue weighted by molar-refractivity contribution is 5.85. The van der Waals surface area contributed by atoms with E-state index in [2.05, 4.69) is 33.7 Å². The molecule has 1 saturated carbocycles. The molecule has 0 radical (unpaired) electrons. The molecule has 2 N–H and O–H groups in total. The summed E-state index contributed by atoms with van der Waals surface area (Å²) >= 11 is 0. The largest absolute Gasteiger partial charge is 0.384 e. The van der Waals surface area contributed by atoms with Gasteiger partial charge in [-0.1, -0.05) is 18.2 Å². The lowest BCUT2D eigenvalue weighted by atomic mass is 10.0. The molecule has 126 valence electrons. The van der Waals surface area contributed by atoms with E-state index in [1.54, 1.807) is 0 Å². The zero-order valence-corrected chi connectivity index (χ0v) is 14.3. The van der Waals surface area contributed by atoms with E-state index >= 15 is 0 Å². The Morgan fingerprint density at radius 3 is 2.74 bits per heavy atom. The van der Waals surface area contributed by atoms with Crippen molar-refractivity contribution in [3.63, 3.8) is 0 Å². The predicted molar refractivity (Wildman–Crippen MR) is 95.0 cm³/mol. The maximum absolute atomic E-state index is 11.8. The van der Waals surface area contributed by atoms with Crippen LogP contribution in [-0.2, 0) is 17.8 Å². The number of hydrogen-bond donors (Lipinski definition) is 2. The van der Waals surface area contributed by atoms with Crippen molar-refractivity contribution < 1.29 is 4.79 Å². The van der Waals surface area contributed by atoms with Crippen molar-refractivity contribution in [3.8, 4) is 0 Å². The Labute approximate surface area is 144 Å². The summed E-state index contributed by atoms with van der Waals surface area (Å²) in [5.74, 6) is 0.625. The van der Waals surface area contributed by atoms with Crippen LogP contribution in [-0.4, -0.2) is 36.5 Å². The highest BCUT2D eigenvalue weighted by atomic mass is 35.5. The number of piperidine rings is 1. The second kappa shape index (κ2) is 7.10. The van der Waals surface area contributed by atoms with Gasteiger partial charge in [-0.2, -0.15) is 0 Å². The van der Waals surface area contributed by atoms with Crippen LogP contribution < -0.4 is 10.6 Å². The van der Waals surface area contributed by atoms with Gasteiger partial charge in [-0.15, -0.1) is 12.4 Å². The van der Waals surface area contributed by atoms with Crippen LogP contribution in [0.4, 0.5) is 5.69 Å². The summed E-state index contributed by atoms with van der Waals surface area (Å²) in [4.78, 5) is 14.4. The lowest BCUT2D eigenvalue weighted by molar-refractivity contribution is -0.123. The van der Waals surface area contributed by atoms with Crippen LogP contribution in [0.5, 0.6) is 0 Å². The van der Waals surface area contributed by atoms with Gasteiger partial charge >= 0.3 is 0 Å². The quantitative estimate of drug-likeness (QED) is 0.889. The van der Waals surface area contributed by atoms with Crippen molar-refractivity contribution in [2.24, 2.45) is 5.92 Å². The van der Waals surface area contributed by atoms with Crippen LogP contribution in [0.15, 0.2) is 18.2 Å². The second-order valence-electron chi connectivity index (χ2n) is 6.96. The van der Waals surface area contributed by atoms with E-state index in [-0.39, 0.29) is 12.4 Å². The van der Waals surface area contributed by atoms with E-state index in [9.17, 15) is 4.79 Å². The van der Waals surface area contributed by atoms with Crippen LogP contribution >= 0.6 is 12.4 Å². The molecule has 4 rings (SSSR count). The highest BCUT2D eigenvalue weighted by Crippen LogP contribution is 2.30. The highest BCUT2D eigenvalue weighted by Gasteiger charge is 2.31. The number of halogens is 1. The van der Waals surface area contributed by atoms with Gasteiger partial charge in [0.2, 0.25) is 5.91 Å². The van der Waals surface area contributed by atoms with Crippen molar-refractivity contribution in [1.82, 2.24) is 10.2 Å². The van der Waals surface area contributed by atoms with E-state index in [4.69, 9.17) is 0 Å². The van der Waals surface area contributed by atoms with Crippen molar-refractivity contribution >= 4 is 24.0 Å². The number of amides is 1. The molecule has 1 amide bonds. The molecular formula is C18H26ClN3O. The van der Waals surface area contributed by atoms with E-state index in [1.165, 1.54) is 16.8 Å². The Morgan fingerprint density at radius 2 is 2.00 bits per heavy atom. The number of rotatable bonds is 4. The third-order valence-corrected chi connectivity index (χ3v) is 5.21. The fourth-order valence-electron chi connectivity index (χ4n) is 3.68. The van der Waals surface area contributed by atoms with Gasteiger partial charge in [0.25, 0.3) is 0 Å². The molecule has 1 aromatic carbocycles. The molecular weight excluding hydrogens is 310 g/mol. The molecule has 2 fully saturated rings. The molecule has 1 aromatic rings. The zero-order valence-electron chi connectivity index (χ0n) is 13.5. The Bertz CT molecular complexity index is 565. The van der Waals surface area contributed by atoms with Crippen molar-refractivity contribution in [2.45, 2.75) is 44.7 Å². The first-order valence-corrected chi connectivity index (χ1v) is 8.67. The molecule has 2 aliphatic heterocycles. The topological polar surface area (TPSA) is 44.4 Å². The van der Waals surface area contributed by atoms with Gasteiger partial charge < -0.3 is 10.6 Å². The Balaban J connectivity index is 0.00000156. The van der Waals surface area contributed by atoms with E-state index in [0.29, 0.717) is 17.9 Å². The van der Waals surface area contributed by atoms with Crippen molar-refractivity contribution in [2.75, 3.05) is 25.0 Å². The molecule has 1 saturated heterocycles. The Hall–Kier alpha value is -1.26. The van der Waals surface area contributed by atoms with Gasteiger partial charge in [0.1, 0.15) is 0 Å². The second-order valence-corrected chi connectivity index (χ2v) is 6.96. The lowest BCUT2D eigenvalue weighted by Gasteiger charge is -2.32. The fourth-order valence-corrected chi connectivity index (χ4v) is 3.68. The Morgan fingerprint density at radius 1 is 1.22 bits per heavy atom. The third-order valence-electron chi connectivity index (χ3n) is 5.21. The molecule has 23 heavy (non-hydrogen) atoms. The minimum absolute atomic E-state index is 0. The van der Waals surface area contributed by atoms with E-state index in [0.717, 1.165) is 58.3 Å². The molecule has 3 aliphatic rings. The smallest absolute Gasteiger partial charge is 0.223 e. The average molecular weight is 336 g/mol. The minimum atomic E-state index is 0. The first-order chi connectivity index (χ1) is 10.8. The fraction of sp³-hybridized carbons (Fsp3) is 0.611. The maximum atomic E-state index is 11.8. The van der Waals surface area contributed by atoms with E-state index < -0.39 is 0 Å². The molecule has 1 aliphatic carbocycles. The third kappa shape index (κ3) is 3.81. The number of carbonyl (C=O) groups is 1. The van der Waals surface area contributed by atoms with Gasteiger partial charge in [0.15, 0.2) is 0 Å². The molecule has 0 atom stereocenters. The number of carbonyl (C=O) groups excluding carboxylic acids is 1. The number of nitrogens with one attached hydrogen (secondary N) is 2. The van der Waals surface area contributed by atoms with E-state index in [1.807, 2.05) is 0 Å². The summed E-state index contributed by atoms with van der Waals surface area (Å²) in [6.07, 6.45) is 5.51. The molecule has 0 aromatic heterocycles. The molecule has 0 unspecified atom stereocenters. The summed E-state index contributed by atoms with van der Waals surface area (Å²) < 4.78 is 0. The monoisotopic (exact) mass is 335 g/mol. The minimum Gasteiger partial charge on any atom is -0.384 e. The van der Waals surface area contributed by atoms with Gasteiger partial charge in [-0.3, -0.25) is 9.69 Å². The standard InChI is InChI=1S/C18H25N3O.ClH/c22-18(14-4-5-14)20-16-7-10-21(11-8-16)12-15-3-1-2-13-6-9-19-17(13)15;/h1-3,14,16,19H,4-12H2,(H,20,22);1H. The zero-order chi connectivity index (χ0) is 14.9.